The average Bonchev–Trinajstić information content (AvgIpc) is 3.39. The lowest BCUT2D eigenvalue weighted by molar-refractivity contribution is -0.116. The minimum absolute atomic E-state index is 0.112. The molecule has 1 fully saturated rings. The van der Waals surface area contributed by atoms with Crippen LogP contribution in [-0.4, -0.2) is 56.7 Å². The molecule has 0 unspecified atom stereocenters. The fraction of sp³-hybridized carbons (Fsp3) is 0.200. The molecule has 9 heteroatoms. The van der Waals surface area contributed by atoms with E-state index in [1.807, 2.05) is 60.7 Å². The minimum Gasteiger partial charge on any atom is -0.379 e. The van der Waals surface area contributed by atoms with E-state index < -0.39 is 0 Å². The highest BCUT2D eigenvalue weighted by molar-refractivity contribution is 5.90. The molecular formula is C25H25N7O2. The lowest BCUT2D eigenvalue weighted by Crippen LogP contribution is -2.47. The quantitative estimate of drug-likeness (QED) is 0.457. The standard InChI is InChI=1S/C25H25N7O2/c33-24(18-30-13-12-26-19-30)28-21-8-6-20(7-9-21)23-10-11-27-25(29-23)32(22-4-2-1-3-5-22)31-14-16-34-17-15-31/h1-13,19H,14-18H2,(H,28,33). The van der Waals surface area contributed by atoms with Crippen LogP contribution < -0.4 is 10.3 Å². The van der Waals surface area contributed by atoms with Gasteiger partial charge in [0.2, 0.25) is 11.9 Å². The van der Waals surface area contributed by atoms with Gasteiger partial charge in [0.15, 0.2) is 0 Å². The Morgan fingerprint density at radius 1 is 1.00 bits per heavy atom. The third-order valence-electron chi connectivity index (χ3n) is 5.45. The number of ether oxygens (including phenoxy) is 1. The van der Waals surface area contributed by atoms with Gasteiger partial charge in [-0.2, -0.15) is 0 Å². The van der Waals surface area contributed by atoms with Crippen molar-refractivity contribution in [2.45, 2.75) is 6.54 Å². The summed E-state index contributed by atoms with van der Waals surface area (Å²) in [5.74, 6) is 0.488. The maximum Gasteiger partial charge on any atom is 0.245 e. The summed E-state index contributed by atoms with van der Waals surface area (Å²) in [5, 5.41) is 7.16. The third-order valence-corrected chi connectivity index (χ3v) is 5.45. The Hall–Kier alpha value is -4.08. The topological polar surface area (TPSA) is 88.4 Å². The van der Waals surface area contributed by atoms with Gasteiger partial charge in [-0.1, -0.05) is 30.3 Å². The molecule has 1 saturated heterocycles. The SMILES string of the molecule is O=C(Cn1ccnc1)Nc1ccc(-c2ccnc(N(c3ccccc3)N3CCOCC3)n2)cc1. The highest BCUT2D eigenvalue weighted by Gasteiger charge is 2.23. The van der Waals surface area contributed by atoms with Crippen molar-refractivity contribution in [3.63, 3.8) is 0 Å². The predicted octanol–water partition coefficient (Wildman–Crippen LogP) is 3.36. The molecule has 0 saturated carbocycles. The van der Waals surface area contributed by atoms with Gasteiger partial charge in [-0.05, 0) is 30.3 Å². The maximum absolute atomic E-state index is 12.2. The summed E-state index contributed by atoms with van der Waals surface area (Å²) in [7, 11) is 0. The number of benzene rings is 2. The Morgan fingerprint density at radius 3 is 2.53 bits per heavy atom. The summed E-state index contributed by atoms with van der Waals surface area (Å²) in [6.45, 7) is 3.06. The Balaban J connectivity index is 1.35. The number of hydrogen-bond acceptors (Lipinski definition) is 7. The van der Waals surface area contributed by atoms with E-state index in [1.54, 1.807) is 29.5 Å². The summed E-state index contributed by atoms with van der Waals surface area (Å²) in [4.78, 5) is 25.6. The highest BCUT2D eigenvalue weighted by atomic mass is 16.5. The first-order valence-electron chi connectivity index (χ1n) is 11.1. The van der Waals surface area contributed by atoms with Crippen molar-refractivity contribution in [1.82, 2.24) is 24.5 Å². The van der Waals surface area contributed by atoms with Crippen LogP contribution in [0.3, 0.4) is 0 Å². The molecular weight excluding hydrogens is 430 g/mol. The number of para-hydroxylation sites is 1. The number of aromatic nitrogens is 4. The number of carbonyl (C=O) groups excluding carboxylic acids is 1. The molecule has 1 aliphatic heterocycles. The Bertz CT molecular complexity index is 1210. The molecule has 5 rings (SSSR count). The van der Waals surface area contributed by atoms with Crippen molar-refractivity contribution in [3.8, 4) is 11.3 Å². The van der Waals surface area contributed by atoms with Crippen molar-refractivity contribution in [2.24, 2.45) is 0 Å². The molecule has 4 aromatic rings. The molecule has 3 heterocycles. The zero-order chi connectivity index (χ0) is 23.2. The third kappa shape index (κ3) is 5.11. The lowest BCUT2D eigenvalue weighted by atomic mass is 10.1. The molecule has 1 N–H and O–H groups in total. The molecule has 9 nitrogen and oxygen atoms in total. The van der Waals surface area contributed by atoms with Crippen LogP contribution >= 0.6 is 0 Å². The van der Waals surface area contributed by atoms with E-state index in [4.69, 9.17) is 9.72 Å². The molecule has 0 aliphatic carbocycles. The van der Waals surface area contributed by atoms with Crippen molar-refractivity contribution in [2.75, 3.05) is 36.6 Å². The van der Waals surface area contributed by atoms with Crippen LogP contribution in [-0.2, 0) is 16.1 Å². The number of imidazole rings is 1. The van der Waals surface area contributed by atoms with Crippen LogP contribution in [0.2, 0.25) is 0 Å². The number of anilines is 3. The van der Waals surface area contributed by atoms with Crippen LogP contribution in [0.4, 0.5) is 17.3 Å². The van der Waals surface area contributed by atoms with E-state index in [9.17, 15) is 4.79 Å². The van der Waals surface area contributed by atoms with E-state index in [-0.39, 0.29) is 12.5 Å². The van der Waals surface area contributed by atoms with E-state index >= 15 is 0 Å². The first-order chi connectivity index (χ1) is 16.8. The van der Waals surface area contributed by atoms with Crippen LogP contribution in [0.1, 0.15) is 0 Å². The number of hydrazine groups is 1. The fourth-order valence-corrected chi connectivity index (χ4v) is 3.81. The van der Waals surface area contributed by atoms with Crippen molar-refractivity contribution >= 4 is 23.2 Å². The Kier molecular flexibility index (Phi) is 6.55. The van der Waals surface area contributed by atoms with E-state index in [0.29, 0.717) is 19.2 Å². The zero-order valence-electron chi connectivity index (χ0n) is 18.6. The average molecular weight is 456 g/mol. The first-order valence-corrected chi connectivity index (χ1v) is 11.1. The number of amides is 1. The summed E-state index contributed by atoms with van der Waals surface area (Å²) >= 11 is 0. The number of morpholine rings is 1. The summed E-state index contributed by atoms with van der Waals surface area (Å²) < 4.78 is 7.26. The van der Waals surface area contributed by atoms with Gasteiger partial charge in [-0.15, -0.1) is 0 Å². The molecule has 0 bridgehead atoms. The normalized spacial score (nSPS) is 14.0. The van der Waals surface area contributed by atoms with Gasteiger partial charge in [0.05, 0.1) is 30.9 Å². The van der Waals surface area contributed by atoms with Crippen molar-refractivity contribution in [3.05, 3.63) is 85.6 Å². The molecule has 0 spiro atoms. The summed E-state index contributed by atoms with van der Waals surface area (Å²) in [6, 6.07) is 19.6. The second-order valence-electron chi connectivity index (χ2n) is 7.82. The van der Waals surface area contributed by atoms with Gasteiger partial charge in [0, 0.05) is 42.9 Å². The Labute approximate surface area is 197 Å². The lowest BCUT2D eigenvalue weighted by Gasteiger charge is -2.37. The maximum atomic E-state index is 12.2. The van der Waals surface area contributed by atoms with Gasteiger partial charge >= 0.3 is 0 Å². The highest BCUT2D eigenvalue weighted by Crippen LogP contribution is 2.27. The van der Waals surface area contributed by atoms with Crippen LogP contribution in [0.25, 0.3) is 11.3 Å². The predicted molar refractivity (Wildman–Crippen MR) is 129 cm³/mol. The van der Waals surface area contributed by atoms with Gasteiger partial charge in [0.1, 0.15) is 6.54 Å². The molecule has 172 valence electrons. The largest absolute Gasteiger partial charge is 0.379 e. The molecule has 2 aromatic carbocycles. The number of hydrogen-bond donors (Lipinski definition) is 1. The summed E-state index contributed by atoms with van der Waals surface area (Å²) in [5.41, 5.74) is 3.46. The summed E-state index contributed by atoms with van der Waals surface area (Å²) in [6.07, 6.45) is 6.79. The van der Waals surface area contributed by atoms with Crippen LogP contribution in [0.15, 0.2) is 85.6 Å². The molecule has 0 atom stereocenters. The number of rotatable bonds is 7. The minimum atomic E-state index is -0.112. The second kappa shape index (κ2) is 10.2. The van der Waals surface area contributed by atoms with E-state index in [2.05, 4.69) is 25.3 Å². The van der Waals surface area contributed by atoms with E-state index in [0.717, 1.165) is 35.7 Å². The molecule has 1 amide bonds. The van der Waals surface area contributed by atoms with Crippen LogP contribution in [0.5, 0.6) is 0 Å². The van der Waals surface area contributed by atoms with Crippen molar-refractivity contribution in [1.29, 1.82) is 0 Å². The van der Waals surface area contributed by atoms with Gasteiger partial charge in [-0.25, -0.2) is 25.0 Å². The smallest absolute Gasteiger partial charge is 0.245 e. The van der Waals surface area contributed by atoms with Gasteiger partial charge < -0.3 is 14.6 Å². The molecule has 0 radical (unpaired) electrons. The van der Waals surface area contributed by atoms with Crippen LogP contribution in [0, 0.1) is 0 Å². The molecule has 34 heavy (non-hydrogen) atoms. The van der Waals surface area contributed by atoms with Crippen molar-refractivity contribution < 1.29 is 9.53 Å². The molecule has 2 aromatic heterocycles. The zero-order valence-corrected chi connectivity index (χ0v) is 18.6. The van der Waals surface area contributed by atoms with Gasteiger partial charge in [0.25, 0.3) is 0 Å². The number of nitrogens with zero attached hydrogens (tertiary/aromatic N) is 6. The van der Waals surface area contributed by atoms with E-state index in [1.165, 1.54) is 0 Å². The van der Waals surface area contributed by atoms with Gasteiger partial charge in [-0.3, -0.25) is 4.79 Å². The fourth-order valence-electron chi connectivity index (χ4n) is 3.81. The molecule has 1 aliphatic rings. The monoisotopic (exact) mass is 455 g/mol. The Morgan fingerprint density at radius 2 is 1.79 bits per heavy atom. The second-order valence-corrected chi connectivity index (χ2v) is 7.82. The number of carbonyl (C=O) groups is 1. The number of nitrogens with one attached hydrogen (secondary N) is 1. The first kappa shape index (κ1) is 21.7.